The third-order valence-electron chi connectivity index (χ3n) is 2.41. The molecule has 0 aromatic rings. The fourth-order valence-electron chi connectivity index (χ4n) is 1.74. The van der Waals surface area contributed by atoms with Crippen LogP contribution in [0.5, 0.6) is 0 Å². The second kappa shape index (κ2) is 7.00. The van der Waals surface area contributed by atoms with Gasteiger partial charge in [0.05, 0.1) is 5.03 Å². The van der Waals surface area contributed by atoms with Crippen LogP contribution in [0.2, 0.25) is 0 Å². The number of halogens is 3. The summed E-state index contributed by atoms with van der Waals surface area (Å²) in [5, 5.41) is 0.450. The van der Waals surface area contributed by atoms with Crippen LogP contribution in [0, 0.1) is 0 Å². The zero-order valence-corrected chi connectivity index (χ0v) is 13.6. The minimum Gasteiger partial charge on any atom is -0.491 e. The second-order valence-electron chi connectivity index (χ2n) is 3.88. The lowest BCUT2D eigenvalue weighted by molar-refractivity contribution is -0.146. The van der Waals surface area contributed by atoms with Crippen molar-refractivity contribution >= 4 is 49.4 Å². The van der Waals surface area contributed by atoms with Crippen molar-refractivity contribution in [1.82, 2.24) is 0 Å². The van der Waals surface area contributed by atoms with Crippen LogP contribution in [0.1, 0.15) is 33.1 Å². The van der Waals surface area contributed by atoms with Crippen LogP contribution in [-0.4, -0.2) is 21.9 Å². The van der Waals surface area contributed by atoms with Gasteiger partial charge in [0.15, 0.2) is 0 Å². The van der Waals surface area contributed by atoms with Crippen LogP contribution in [0.25, 0.3) is 0 Å². The standard InChI is InChI=1S/C11H15Br2ClO3/c1-3-4-7-5-8(16-6(2)15)9(14)10(17-7)11(12)13/h7-8,11H,3-5H2,1-2H3. The Morgan fingerprint density at radius 2 is 2.29 bits per heavy atom. The first-order chi connectivity index (χ1) is 7.95. The molecule has 0 spiro atoms. The van der Waals surface area contributed by atoms with Gasteiger partial charge in [0.1, 0.15) is 21.7 Å². The van der Waals surface area contributed by atoms with Gasteiger partial charge in [0, 0.05) is 13.3 Å². The van der Waals surface area contributed by atoms with E-state index in [1.54, 1.807) is 0 Å². The maximum absolute atomic E-state index is 11.0. The minimum absolute atomic E-state index is 0.0412. The summed E-state index contributed by atoms with van der Waals surface area (Å²) in [6, 6.07) is 0. The number of hydrogen-bond donors (Lipinski definition) is 0. The highest BCUT2D eigenvalue weighted by Gasteiger charge is 2.33. The number of alkyl halides is 2. The van der Waals surface area contributed by atoms with E-state index in [4.69, 9.17) is 21.1 Å². The van der Waals surface area contributed by atoms with E-state index in [-0.39, 0.29) is 15.8 Å². The Bertz CT molecular complexity index is 318. The van der Waals surface area contributed by atoms with Crippen molar-refractivity contribution in [2.24, 2.45) is 0 Å². The van der Waals surface area contributed by atoms with Crippen LogP contribution in [0.15, 0.2) is 10.8 Å². The first-order valence-corrected chi connectivity index (χ1v) is 7.68. The maximum atomic E-state index is 11.0. The molecule has 98 valence electrons. The lowest BCUT2D eigenvalue weighted by Crippen LogP contribution is -2.32. The molecule has 0 amide bonds. The molecular weight excluding hydrogens is 375 g/mol. The van der Waals surface area contributed by atoms with Crippen LogP contribution in [0.4, 0.5) is 0 Å². The molecule has 1 rings (SSSR count). The van der Waals surface area contributed by atoms with Crippen molar-refractivity contribution in [2.45, 2.75) is 49.1 Å². The zero-order valence-electron chi connectivity index (χ0n) is 9.71. The summed E-state index contributed by atoms with van der Waals surface area (Å²) in [5.74, 6) is 0.271. The summed E-state index contributed by atoms with van der Waals surface area (Å²) in [4.78, 5) is 11.0. The molecule has 3 nitrogen and oxygen atoms in total. The number of ether oxygens (including phenoxy) is 2. The van der Waals surface area contributed by atoms with E-state index < -0.39 is 6.10 Å². The number of rotatable bonds is 4. The van der Waals surface area contributed by atoms with Gasteiger partial charge in [-0.15, -0.1) is 0 Å². The summed E-state index contributed by atoms with van der Waals surface area (Å²) in [7, 11) is 0. The average molecular weight is 390 g/mol. The SMILES string of the molecule is CCCC1CC(OC(C)=O)C(Cl)=C(C(Br)Br)O1. The van der Waals surface area contributed by atoms with E-state index in [0.717, 1.165) is 12.8 Å². The highest BCUT2D eigenvalue weighted by molar-refractivity contribution is 9.24. The average Bonchev–Trinajstić information content (AvgIpc) is 2.21. The Morgan fingerprint density at radius 1 is 1.65 bits per heavy atom. The van der Waals surface area contributed by atoms with Gasteiger partial charge in [-0.3, -0.25) is 4.79 Å². The lowest BCUT2D eigenvalue weighted by Gasteiger charge is -2.32. The largest absolute Gasteiger partial charge is 0.491 e. The predicted molar refractivity (Wildman–Crippen MR) is 74.5 cm³/mol. The summed E-state index contributed by atoms with van der Waals surface area (Å²) in [5.41, 5.74) is 0. The van der Waals surface area contributed by atoms with E-state index in [0.29, 0.717) is 17.2 Å². The molecule has 0 fully saturated rings. The fraction of sp³-hybridized carbons (Fsp3) is 0.727. The molecule has 0 aliphatic carbocycles. The van der Waals surface area contributed by atoms with Gasteiger partial charge in [-0.05, 0) is 6.42 Å². The summed E-state index contributed by atoms with van der Waals surface area (Å²) in [6.45, 7) is 3.47. The molecule has 0 N–H and O–H groups in total. The molecule has 0 saturated carbocycles. The maximum Gasteiger partial charge on any atom is 0.303 e. The smallest absolute Gasteiger partial charge is 0.303 e. The zero-order chi connectivity index (χ0) is 13.0. The first-order valence-electron chi connectivity index (χ1n) is 5.47. The van der Waals surface area contributed by atoms with E-state index in [1.807, 2.05) is 0 Å². The molecule has 0 saturated heterocycles. The van der Waals surface area contributed by atoms with E-state index in [2.05, 4.69) is 38.8 Å². The van der Waals surface area contributed by atoms with Gasteiger partial charge < -0.3 is 9.47 Å². The quantitative estimate of drug-likeness (QED) is 0.536. The monoisotopic (exact) mass is 388 g/mol. The number of allylic oxidation sites excluding steroid dienone is 1. The van der Waals surface area contributed by atoms with E-state index in [9.17, 15) is 4.79 Å². The van der Waals surface area contributed by atoms with E-state index >= 15 is 0 Å². The lowest BCUT2D eigenvalue weighted by atomic mass is 10.0. The topological polar surface area (TPSA) is 35.5 Å². The van der Waals surface area contributed by atoms with Crippen LogP contribution in [0.3, 0.4) is 0 Å². The Balaban J connectivity index is 2.86. The molecule has 0 radical (unpaired) electrons. The Labute approximate surface area is 123 Å². The van der Waals surface area contributed by atoms with Crippen molar-refractivity contribution in [3.8, 4) is 0 Å². The second-order valence-corrected chi connectivity index (χ2v) is 7.34. The molecule has 17 heavy (non-hydrogen) atoms. The summed E-state index contributed by atoms with van der Waals surface area (Å²) in [6.07, 6.45) is 2.18. The third-order valence-corrected chi connectivity index (χ3v) is 3.67. The van der Waals surface area contributed by atoms with Crippen LogP contribution >= 0.6 is 43.5 Å². The summed E-state index contributed by atoms with van der Waals surface area (Å²) < 4.78 is 10.8. The molecule has 1 heterocycles. The number of carbonyl (C=O) groups excluding carboxylic acids is 1. The minimum atomic E-state index is -0.396. The van der Waals surface area contributed by atoms with Crippen molar-refractivity contribution in [2.75, 3.05) is 0 Å². The van der Waals surface area contributed by atoms with Crippen LogP contribution < -0.4 is 0 Å². The number of hydrogen-bond acceptors (Lipinski definition) is 3. The Kier molecular flexibility index (Phi) is 6.31. The van der Waals surface area contributed by atoms with Crippen molar-refractivity contribution in [1.29, 1.82) is 0 Å². The van der Waals surface area contributed by atoms with Crippen molar-refractivity contribution in [3.63, 3.8) is 0 Å². The molecule has 0 aromatic carbocycles. The summed E-state index contributed by atoms with van der Waals surface area (Å²) >= 11 is 12.9. The molecule has 1 aliphatic heterocycles. The Hall–Kier alpha value is 0.260. The van der Waals surface area contributed by atoms with Gasteiger partial charge in [0.25, 0.3) is 0 Å². The number of esters is 1. The highest BCUT2D eigenvalue weighted by Crippen LogP contribution is 2.36. The molecular formula is C11H15Br2ClO3. The van der Waals surface area contributed by atoms with Gasteiger partial charge in [-0.1, -0.05) is 56.8 Å². The van der Waals surface area contributed by atoms with Crippen molar-refractivity contribution in [3.05, 3.63) is 10.8 Å². The highest BCUT2D eigenvalue weighted by atomic mass is 79.9. The molecule has 0 aromatic heterocycles. The molecule has 1 aliphatic rings. The van der Waals surface area contributed by atoms with Crippen LogP contribution in [-0.2, 0) is 14.3 Å². The molecule has 6 heteroatoms. The first kappa shape index (κ1) is 15.3. The van der Waals surface area contributed by atoms with E-state index in [1.165, 1.54) is 6.92 Å². The number of carbonyl (C=O) groups is 1. The van der Waals surface area contributed by atoms with Gasteiger partial charge in [-0.25, -0.2) is 0 Å². The fourth-order valence-corrected chi connectivity index (χ4v) is 3.00. The molecule has 0 bridgehead atoms. The van der Waals surface area contributed by atoms with Gasteiger partial charge in [-0.2, -0.15) is 0 Å². The Morgan fingerprint density at radius 3 is 2.76 bits per heavy atom. The van der Waals surface area contributed by atoms with Gasteiger partial charge >= 0.3 is 5.97 Å². The third kappa shape index (κ3) is 4.45. The normalized spacial score (nSPS) is 24.8. The molecule has 2 atom stereocenters. The predicted octanol–water partition coefficient (Wildman–Crippen LogP) is 4.07. The van der Waals surface area contributed by atoms with Crippen molar-refractivity contribution < 1.29 is 14.3 Å². The molecule has 2 unspecified atom stereocenters. The van der Waals surface area contributed by atoms with Gasteiger partial charge in [0.2, 0.25) is 0 Å².